The van der Waals surface area contributed by atoms with E-state index in [1.807, 2.05) is 0 Å². The van der Waals surface area contributed by atoms with Crippen molar-refractivity contribution in [3.63, 3.8) is 0 Å². The molecule has 0 aliphatic carbocycles. The summed E-state index contributed by atoms with van der Waals surface area (Å²) in [6, 6.07) is 3.08. The summed E-state index contributed by atoms with van der Waals surface area (Å²) in [6.45, 7) is 0.196. The van der Waals surface area contributed by atoms with Crippen LogP contribution in [0.2, 0.25) is 14.4 Å². The molecule has 1 aromatic carbocycles. The summed E-state index contributed by atoms with van der Waals surface area (Å²) in [7, 11) is 0. The Morgan fingerprint density at radius 1 is 1.25 bits per heavy atom. The first kappa shape index (κ1) is 13.8. The topological polar surface area (TPSA) is 60.7 Å². The van der Waals surface area contributed by atoms with Gasteiger partial charge < -0.3 is 0 Å². The standard InChI is InChI=1S/C11H5Cl3N4OS/c12-5-1-6-9(7(13)2-5)15-4-18(11(6)19)3-8-10(14)20-17-16-8/h1-2,4H,3H2. The van der Waals surface area contributed by atoms with E-state index in [1.54, 1.807) is 6.07 Å². The van der Waals surface area contributed by atoms with Crippen LogP contribution < -0.4 is 5.56 Å². The molecule has 20 heavy (non-hydrogen) atoms. The van der Waals surface area contributed by atoms with Crippen molar-refractivity contribution in [2.75, 3.05) is 0 Å². The molecule has 5 nitrogen and oxygen atoms in total. The Balaban J connectivity index is 2.17. The monoisotopic (exact) mass is 346 g/mol. The van der Waals surface area contributed by atoms with Gasteiger partial charge in [0.05, 0.1) is 28.8 Å². The fourth-order valence-electron chi connectivity index (χ4n) is 1.76. The number of benzene rings is 1. The van der Waals surface area contributed by atoms with E-state index in [0.29, 0.717) is 31.0 Å². The Morgan fingerprint density at radius 3 is 2.75 bits per heavy atom. The van der Waals surface area contributed by atoms with Crippen LogP contribution in [0.5, 0.6) is 0 Å². The highest BCUT2D eigenvalue weighted by Crippen LogP contribution is 2.24. The molecule has 0 bridgehead atoms. The molecule has 9 heteroatoms. The maximum Gasteiger partial charge on any atom is 0.261 e. The average Bonchev–Trinajstić information content (AvgIpc) is 2.79. The number of aromatic nitrogens is 4. The summed E-state index contributed by atoms with van der Waals surface area (Å²) in [5, 5.41) is 4.94. The van der Waals surface area contributed by atoms with Crippen molar-refractivity contribution in [3.05, 3.63) is 48.9 Å². The molecule has 0 atom stereocenters. The molecule has 102 valence electrons. The van der Waals surface area contributed by atoms with Gasteiger partial charge in [0, 0.05) is 16.6 Å². The molecule has 0 aliphatic heterocycles. The number of halogens is 3. The summed E-state index contributed by atoms with van der Waals surface area (Å²) in [4.78, 5) is 16.6. The van der Waals surface area contributed by atoms with Crippen LogP contribution in [-0.4, -0.2) is 19.1 Å². The lowest BCUT2D eigenvalue weighted by atomic mass is 10.2. The summed E-state index contributed by atoms with van der Waals surface area (Å²) in [6.07, 6.45) is 1.40. The highest BCUT2D eigenvalue weighted by Gasteiger charge is 2.12. The van der Waals surface area contributed by atoms with E-state index in [4.69, 9.17) is 34.8 Å². The lowest BCUT2D eigenvalue weighted by Crippen LogP contribution is -2.21. The van der Waals surface area contributed by atoms with Crippen LogP contribution in [0.25, 0.3) is 10.9 Å². The van der Waals surface area contributed by atoms with Crippen LogP contribution in [0, 0.1) is 0 Å². The van der Waals surface area contributed by atoms with Gasteiger partial charge in [0.1, 0.15) is 10.0 Å². The van der Waals surface area contributed by atoms with Gasteiger partial charge in [-0.05, 0) is 12.1 Å². The van der Waals surface area contributed by atoms with Crippen molar-refractivity contribution < 1.29 is 0 Å². The molecule has 0 amide bonds. The van der Waals surface area contributed by atoms with Crippen LogP contribution in [-0.2, 0) is 6.54 Å². The summed E-state index contributed by atoms with van der Waals surface area (Å²) >= 11 is 18.9. The minimum Gasteiger partial charge on any atom is -0.292 e. The largest absolute Gasteiger partial charge is 0.292 e. The number of hydrogen-bond acceptors (Lipinski definition) is 5. The van der Waals surface area contributed by atoms with E-state index >= 15 is 0 Å². The van der Waals surface area contributed by atoms with Crippen LogP contribution in [0.15, 0.2) is 23.3 Å². The number of hydrogen-bond donors (Lipinski definition) is 0. The molecule has 0 N–H and O–H groups in total. The number of nitrogens with zero attached hydrogens (tertiary/aromatic N) is 4. The quantitative estimate of drug-likeness (QED) is 0.714. The van der Waals surface area contributed by atoms with Crippen molar-refractivity contribution in [3.8, 4) is 0 Å². The van der Waals surface area contributed by atoms with Crippen LogP contribution in [0.4, 0.5) is 0 Å². The first-order valence-corrected chi connectivity index (χ1v) is 7.28. The van der Waals surface area contributed by atoms with Gasteiger partial charge in [-0.15, -0.1) is 5.10 Å². The van der Waals surface area contributed by atoms with Crippen molar-refractivity contribution in [1.82, 2.24) is 19.1 Å². The summed E-state index contributed by atoms with van der Waals surface area (Å²) in [5.74, 6) is 0. The van der Waals surface area contributed by atoms with E-state index < -0.39 is 0 Å². The Labute approximate surface area is 131 Å². The molecular weight excluding hydrogens is 343 g/mol. The van der Waals surface area contributed by atoms with Crippen LogP contribution in [0.3, 0.4) is 0 Å². The van der Waals surface area contributed by atoms with Gasteiger partial charge in [0.15, 0.2) is 0 Å². The van der Waals surface area contributed by atoms with Gasteiger partial charge in [-0.3, -0.25) is 9.36 Å². The van der Waals surface area contributed by atoms with Gasteiger partial charge in [-0.25, -0.2) is 4.98 Å². The van der Waals surface area contributed by atoms with E-state index in [2.05, 4.69) is 14.6 Å². The van der Waals surface area contributed by atoms with Crippen LogP contribution in [0.1, 0.15) is 5.69 Å². The molecule has 3 rings (SSSR count). The first-order chi connectivity index (χ1) is 9.56. The third-order valence-corrected chi connectivity index (χ3v) is 4.17. The molecule has 3 aromatic rings. The fraction of sp³-hybridized carbons (Fsp3) is 0.0909. The van der Waals surface area contributed by atoms with Gasteiger partial charge >= 0.3 is 0 Å². The molecule has 0 spiro atoms. The minimum atomic E-state index is -0.261. The van der Waals surface area contributed by atoms with Crippen LogP contribution >= 0.6 is 46.3 Å². The number of rotatable bonds is 2. The highest BCUT2D eigenvalue weighted by molar-refractivity contribution is 7.10. The lowest BCUT2D eigenvalue weighted by molar-refractivity contribution is 0.726. The molecular formula is C11H5Cl3N4OS. The zero-order valence-corrected chi connectivity index (χ0v) is 12.8. The fourth-order valence-corrected chi connectivity index (χ4v) is 2.91. The first-order valence-electron chi connectivity index (χ1n) is 5.37. The van der Waals surface area contributed by atoms with E-state index in [1.165, 1.54) is 17.0 Å². The zero-order valence-electron chi connectivity index (χ0n) is 9.68. The summed E-state index contributed by atoms with van der Waals surface area (Å²) in [5.41, 5.74) is 0.677. The van der Waals surface area contributed by atoms with Crippen molar-refractivity contribution >= 4 is 57.2 Å². The van der Waals surface area contributed by atoms with Crippen molar-refractivity contribution in [2.45, 2.75) is 6.54 Å². The third-order valence-electron chi connectivity index (χ3n) is 2.68. The highest BCUT2D eigenvalue weighted by atomic mass is 35.5. The average molecular weight is 348 g/mol. The molecule has 0 saturated carbocycles. The second-order valence-corrected chi connectivity index (χ2v) is 6.15. The molecule has 0 unspecified atom stereocenters. The Hall–Kier alpha value is -1.21. The zero-order chi connectivity index (χ0) is 14.3. The Kier molecular flexibility index (Phi) is 3.64. The molecule has 0 saturated heterocycles. The Bertz CT molecular complexity index is 860. The minimum absolute atomic E-state index is 0.196. The van der Waals surface area contributed by atoms with Crippen molar-refractivity contribution in [2.24, 2.45) is 0 Å². The second-order valence-electron chi connectivity index (χ2n) is 3.95. The molecule has 0 radical (unpaired) electrons. The van der Waals surface area contributed by atoms with Gasteiger partial charge in [-0.2, -0.15) is 0 Å². The molecule has 2 aromatic heterocycles. The molecule has 0 aliphatic rings. The smallest absolute Gasteiger partial charge is 0.261 e. The predicted molar refractivity (Wildman–Crippen MR) is 80.0 cm³/mol. The number of fused-ring (bicyclic) bond motifs is 1. The van der Waals surface area contributed by atoms with Gasteiger partial charge in [0.2, 0.25) is 0 Å². The van der Waals surface area contributed by atoms with Gasteiger partial charge in [-0.1, -0.05) is 39.3 Å². The second kappa shape index (κ2) is 5.29. The van der Waals surface area contributed by atoms with Gasteiger partial charge in [0.25, 0.3) is 5.56 Å². The Morgan fingerprint density at radius 2 is 2.05 bits per heavy atom. The van der Waals surface area contributed by atoms with E-state index in [9.17, 15) is 4.79 Å². The van der Waals surface area contributed by atoms with Crippen molar-refractivity contribution in [1.29, 1.82) is 0 Å². The predicted octanol–water partition coefficient (Wildman–Crippen LogP) is 3.26. The molecule has 2 heterocycles. The lowest BCUT2D eigenvalue weighted by Gasteiger charge is -2.06. The third kappa shape index (κ3) is 2.40. The maximum absolute atomic E-state index is 12.4. The normalized spacial score (nSPS) is 11.2. The SMILES string of the molecule is O=c1c2cc(Cl)cc(Cl)c2ncn1Cc1nnsc1Cl. The van der Waals surface area contributed by atoms with E-state index in [0.717, 1.165) is 11.5 Å². The maximum atomic E-state index is 12.4. The summed E-state index contributed by atoms with van der Waals surface area (Å²) < 4.78 is 5.55. The molecule has 0 fully saturated rings. The van der Waals surface area contributed by atoms with E-state index in [-0.39, 0.29) is 12.1 Å².